The maximum absolute atomic E-state index is 13.0. The SMILES string of the molecule is COC(=O)[C@H](CCSC)NC(=O)[C@@H]1CC(C(N)=O)C[C@H](C(=O)N[C@@H](CCSC)C(=O)OC)C1. The number of ether oxygens (including phenoxy) is 2. The minimum Gasteiger partial charge on any atom is -0.467 e. The van der Waals surface area contributed by atoms with Crippen molar-refractivity contribution in [3.8, 4) is 0 Å². The van der Waals surface area contributed by atoms with Crippen molar-refractivity contribution in [3.63, 3.8) is 0 Å². The van der Waals surface area contributed by atoms with Crippen LogP contribution in [0.2, 0.25) is 0 Å². The number of esters is 2. The van der Waals surface area contributed by atoms with Gasteiger partial charge in [-0.05, 0) is 56.1 Å². The van der Waals surface area contributed by atoms with Gasteiger partial charge >= 0.3 is 11.9 Å². The largest absolute Gasteiger partial charge is 0.467 e. The second kappa shape index (κ2) is 15.0. The fourth-order valence-corrected chi connectivity index (χ4v) is 4.76. The van der Waals surface area contributed by atoms with Gasteiger partial charge in [0.15, 0.2) is 0 Å². The van der Waals surface area contributed by atoms with E-state index in [0.717, 1.165) is 0 Å². The van der Waals surface area contributed by atoms with Crippen molar-refractivity contribution in [1.29, 1.82) is 0 Å². The quantitative estimate of drug-likeness (QED) is 0.300. The van der Waals surface area contributed by atoms with E-state index in [4.69, 9.17) is 15.2 Å². The molecule has 0 heterocycles. The average Bonchev–Trinajstić information content (AvgIpc) is 2.82. The number of hydrogen-bond acceptors (Lipinski definition) is 9. The van der Waals surface area contributed by atoms with E-state index in [-0.39, 0.29) is 19.3 Å². The molecule has 0 bridgehead atoms. The smallest absolute Gasteiger partial charge is 0.328 e. The fraction of sp³-hybridized carbons (Fsp3) is 0.762. The van der Waals surface area contributed by atoms with E-state index in [2.05, 4.69) is 10.6 Å². The molecule has 12 heteroatoms. The molecule has 1 saturated carbocycles. The van der Waals surface area contributed by atoms with E-state index in [9.17, 15) is 24.0 Å². The van der Waals surface area contributed by atoms with Crippen molar-refractivity contribution in [3.05, 3.63) is 0 Å². The molecular weight excluding hydrogens is 470 g/mol. The lowest BCUT2D eigenvalue weighted by atomic mass is 9.74. The van der Waals surface area contributed by atoms with Crippen LogP contribution in [-0.4, -0.2) is 80.0 Å². The Morgan fingerprint density at radius 1 is 0.788 bits per heavy atom. The molecule has 10 nitrogen and oxygen atoms in total. The molecule has 0 aromatic carbocycles. The molecule has 3 amide bonds. The van der Waals surface area contributed by atoms with Gasteiger partial charge in [0, 0.05) is 17.8 Å². The Labute approximate surface area is 203 Å². The summed E-state index contributed by atoms with van der Waals surface area (Å²) in [6, 6.07) is -1.63. The lowest BCUT2D eigenvalue weighted by molar-refractivity contribution is -0.147. The molecular formula is C21H35N3O7S2. The number of nitrogens with one attached hydrogen (secondary N) is 2. The predicted octanol–water partition coefficient (Wildman–Crippen LogP) is 0.326. The minimum atomic E-state index is -0.813. The van der Waals surface area contributed by atoms with Gasteiger partial charge in [-0.2, -0.15) is 23.5 Å². The summed E-state index contributed by atoms with van der Waals surface area (Å²) in [7, 11) is 2.50. The minimum absolute atomic E-state index is 0.175. The molecule has 188 valence electrons. The van der Waals surface area contributed by atoms with Crippen molar-refractivity contribution in [2.24, 2.45) is 23.5 Å². The van der Waals surface area contributed by atoms with Gasteiger partial charge in [-0.15, -0.1) is 0 Å². The maximum Gasteiger partial charge on any atom is 0.328 e. The second-order valence-electron chi connectivity index (χ2n) is 7.93. The van der Waals surface area contributed by atoms with E-state index < -0.39 is 59.5 Å². The van der Waals surface area contributed by atoms with E-state index in [1.807, 2.05) is 12.5 Å². The van der Waals surface area contributed by atoms with Crippen LogP contribution in [0.5, 0.6) is 0 Å². The number of carbonyl (C=O) groups excluding carboxylic acids is 5. The van der Waals surface area contributed by atoms with Crippen LogP contribution in [0.3, 0.4) is 0 Å². The van der Waals surface area contributed by atoms with Crippen molar-refractivity contribution in [2.45, 2.75) is 44.2 Å². The highest BCUT2D eigenvalue weighted by Crippen LogP contribution is 2.34. The zero-order valence-electron chi connectivity index (χ0n) is 19.6. The lowest BCUT2D eigenvalue weighted by Crippen LogP contribution is -2.50. The first-order valence-corrected chi connectivity index (χ1v) is 13.5. The molecule has 5 atom stereocenters. The molecule has 0 aromatic heterocycles. The van der Waals surface area contributed by atoms with Gasteiger partial charge in [0.25, 0.3) is 0 Å². The summed E-state index contributed by atoms with van der Waals surface area (Å²) in [6.45, 7) is 0. The number of primary amides is 1. The lowest BCUT2D eigenvalue weighted by Gasteiger charge is -2.33. The third kappa shape index (κ3) is 9.44. The van der Waals surface area contributed by atoms with Crippen LogP contribution in [0.4, 0.5) is 0 Å². The highest BCUT2D eigenvalue weighted by atomic mass is 32.2. The number of carbonyl (C=O) groups is 5. The number of nitrogens with two attached hydrogens (primary N) is 1. The number of hydrogen-bond donors (Lipinski definition) is 3. The molecule has 1 rings (SSSR count). The van der Waals surface area contributed by atoms with Crippen LogP contribution in [0, 0.1) is 17.8 Å². The van der Waals surface area contributed by atoms with Gasteiger partial charge < -0.3 is 25.8 Å². The molecule has 1 aliphatic carbocycles. The Morgan fingerprint density at radius 3 is 1.45 bits per heavy atom. The molecule has 1 aliphatic rings. The summed E-state index contributed by atoms with van der Waals surface area (Å²) in [5.74, 6) is -3.31. The van der Waals surface area contributed by atoms with Crippen molar-refractivity contribution in [1.82, 2.24) is 10.6 Å². The Kier molecular flexibility index (Phi) is 13.3. The van der Waals surface area contributed by atoms with Crippen LogP contribution in [0.1, 0.15) is 32.1 Å². The Balaban J connectivity index is 2.95. The van der Waals surface area contributed by atoms with Gasteiger partial charge in [-0.3, -0.25) is 14.4 Å². The molecule has 0 radical (unpaired) electrons. The van der Waals surface area contributed by atoms with Gasteiger partial charge in [0.2, 0.25) is 17.7 Å². The normalized spacial score (nSPS) is 21.9. The molecule has 4 N–H and O–H groups in total. The standard InChI is InChI=1S/C21H35N3O7S2/c1-30-20(28)15(5-7-32-3)23-18(26)13-9-12(17(22)25)10-14(11-13)19(27)24-16(6-8-33-4)21(29)31-2/h12-16H,5-11H2,1-4H3,(H2,22,25)(H,23,26)(H,24,27)/t12?,13-,14+,15-,16-/m0/s1. The Hall–Kier alpha value is -1.95. The summed E-state index contributed by atoms with van der Waals surface area (Å²) in [5, 5.41) is 5.40. The van der Waals surface area contributed by atoms with Gasteiger partial charge in [0.1, 0.15) is 12.1 Å². The van der Waals surface area contributed by atoms with Gasteiger partial charge in [-0.1, -0.05) is 0 Å². The number of thioether (sulfide) groups is 2. The highest BCUT2D eigenvalue weighted by Gasteiger charge is 2.40. The second-order valence-corrected chi connectivity index (χ2v) is 9.90. The third-order valence-electron chi connectivity index (χ3n) is 5.68. The van der Waals surface area contributed by atoms with Crippen molar-refractivity contribution >= 4 is 53.2 Å². The molecule has 0 spiro atoms. The summed E-state index contributed by atoms with van der Waals surface area (Å²) in [6.07, 6.45) is 5.12. The maximum atomic E-state index is 13.0. The van der Waals surface area contributed by atoms with Crippen LogP contribution < -0.4 is 16.4 Å². The monoisotopic (exact) mass is 505 g/mol. The topological polar surface area (TPSA) is 154 Å². The highest BCUT2D eigenvalue weighted by molar-refractivity contribution is 7.98. The molecule has 1 fully saturated rings. The zero-order chi connectivity index (χ0) is 25.0. The van der Waals surface area contributed by atoms with Gasteiger partial charge in [-0.25, -0.2) is 9.59 Å². The first-order chi connectivity index (χ1) is 15.7. The predicted molar refractivity (Wildman–Crippen MR) is 127 cm³/mol. The van der Waals surface area contributed by atoms with E-state index in [1.165, 1.54) is 37.7 Å². The summed E-state index contributed by atoms with van der Waals surface area (Å²) in [4.78, 5) is 62.0. The summed E-state index contributed by atoms with van der Waals surface area (Å²) in [5.41, 5.74) is 5.51. The number of methoxy groups -OCH3 is 2. The van der Waals surface area contributed by atoms with E-state index in [1.54, 1.807) is 0 Å². The van der Waals surface area contributed by atoms with Crippen LogP contribution in [0.25, 0.3) is 0 Å². The molecule has 0 aliphatic heterocycles. The van der Waals surface area contributed by atoms with E-state index >= 15 is 0 Å². The molecule has 1 unspecified atom stereocenters. The molecule has 0 saturated heterocycles. The first kappa shape index (κ1) is 29.1. The average molecular weight is 506 g/mol. The molecule has 33 heavy (non-hydrogen) atoms. The van der Waals surface area contributed by atoms with Crippen LogP contribution in [0.15, 0.2) is 0 Å². The molecule has 0 aromatic rings. The summed E-state index contributed by atoms with van der Waals surface area (Å²) < 4.78 is 9.56. The first-order valence-electron chi connectivity index (χ1n) is 10.7. The summed E-state index contributed by atoms with van der Waals surface area (Å²) >= 11 is 3.06. The van der Waals surface area contributed by atoms with E-state index in [0.29, 0.717) is 24.3 Å². The van der Waals surface area contributed by atoms with Crippen LogP contribution in [-0.2, 0) is 33.4 Å². The fourth-order valence-electron chi connectivity index (χ4n) is 3.81. The van der Waals surface area contributed by atoms with Gasteiger partial charge in [0.05, 0.1) is 14.2 Å². The van der Waals surface area contributed by atoms with Crippen molar-refractivity contribution in [2.75, 3.05) is 38.2 Å². The number of amides is 3. The third-order valence-corrected chi connectivity index (χ3v) is 6.96. The number of rotatable bonds is 13. The Morgan fingerprint density at radius 2 is 1.15 bits per heavy atom. The van der Waals surface area contributed by atoms with Crippen molar-refractivity contribution < 1.29 is 33.4 Å². The van der Waals surface area contributed by atoms with Crippen LogP contribution >= 0.6 is 23.5 Å². The zero-order valence-corrected chi connectivity index (χ0v) is 21.2. The Bertz CT molecular complexity index is 657.